The normalized spacial score (nSPS) is 19.3. The van der Waals surface area contributed by atoms with Gasteiger partial charge in [-0.15, -0.1) is 0 Å². The van der Waals surface area contributed by atoms with E-state index in [1.54, 1.807) is 0 Å². The molecule has 1 saturated heterocycles. The number of rotatable bonds is 6. The Morgan fingerprint density at radius 1 is 1.11 bits per heavy atom. The van der Waals surface area contributed by atoms with E-state index in [1.807, 2.05) is 18.7 Å². The van der Waals surface area contributed by atoms with Crippen LogP contribution in [-0.4, -0.2) is 48.4 Å². The first-order valence-electron chi connectivity index (χ1n) is 7.55. The minimum absolute atomic E-state index is 0.139. The minimum atomic E-state index is 0.139. The van der Waals surface area contributed by atoms with Crippen LogP contribution < -0.4 is 0 Å². The van der Waals surface area contributed by atoms with Crippen LogP contribution in [0.25, 0.3) is 0 Å². The number of amides is 1. The second-order valence-corrected chi connectivity index (χ2v) is 6.03. The summed E-state index contributed by atoms with van der Waals surface area (Å²) in [5, 5.41) is 0. The summed E-state index contributed by atoms with van der Waals surface area (Å²) in [5.41, 5.74) is 0. The Labute approximate surface area is 113 Å². The van der Waals surface area contributed by atoms with Gasteiger partial charge in [-0.3, -0.25) is 9.69 Å². The molecule has 0 aromatic carbocycles. The summed E-state index contributed by atoms with van der Waals surface area (Å²) >= 11 is 0. The molecule has 1 aliphatic heterocycles. The number of nitrogens with zero attached hydrogens (tertiary/aromatic N) is 2. The maximum atomic E-state index is 11.9. The summed E-state index contributed by atoms with van der Waals surface area (Å²) in [5.74, 6) is 1.24. The molecular weight excluding hydrogens is 224 g/mol. The van der Waals surface area contributed by atoms with E-state index in [0.717, 1.165) is 32.1 Å². The van der Waals surface area contributed by atoms with E-state index >= 15 is 0 Å². The fourth-order valence-corrected chi connectivity index (χ4v) is 2.60. The van der Waals surface area contributed by atoms with Crippen molar-refractivity contribution in [1.29, 1.82) is 0 Å². The topological polar surface area (TPSA) is 23.6 Å². The summed E-state index contributed by atoms with van der Waals surface area (Å²) < 4.78 is 0. The number of hydrogen-bond acceptors (Lipinski definition) is 2. The lowest BCUT2D eigenvalue weighted by Gasteiger charge is -2.36. The zero-order valence-corrected chi connectivity index (χ0v) is 12.6. The van der Waals surface area contributed by atoms with E-state index in [1.165, 1.54) is 25.8 Å². The van der Waals surface area contributed by atoms with Crippen molar-refractivity contribution < 1.29 is 4.79 Å². The summed E-state index contributed by atoms with van der Waals surface area (Å²) in [7, 11) is 0. The van der Waals surface area contributed by atoms with Crippen LogP contribution in [0.15, 0.2) is 0 Å². The molecule has 0 spiro atoms. The predicted molar refractivity (Wildman–Crippen MR) is 76.5 cm³/mol. The SMILES string of the molecule is CCCCC(C)CN1CCN(C(=O)C(C)C)CC1. The van der Waals surface area contributed by atoms with Crippen LogP contribution >= 0.6 is 0 Å². The molecule has 1 amide bonds. The molecule has 0 radical (unpaired) electrons. The van der Waals surface area contributed by atoms with Crippen molar-refractivity contribution >= 4 is 5.91 Å². The monoisotopic (exact) mass is 254 g/mol. The molecule has 1 rings (SSSR count). The van der Waals surface area contributed by atoms with Gasteiger partial charge in [0, 0.05) is 38.6 Å². The van der Waals surface area contributed by atoms with Crippen LogP contribution in [0.2, 0.25) is 0 Å². The molecular formula is C15H30N2O. The standard InChI is InChI=1S/C15H30N2O/c1-5-6-7-14(4)12-16-8-10-17(11-9-16)15(18)13(2)3/h13-14H,5-12H2,1-4H3. The first-order chi connectivity index (χ1) is 8.54. The fourth-order valence-electron chi connectivity index (χ4n) is 2.60. The van der Waals surface area contributed by atoms with Gasteiger partial charge in [-0.2, -0.15) is 0 Å². The van der Waals surface area contributed by atoms with Gasteiger partial charge >= 0.3 is 0 Å². The van der Waals surface area contributed by atoms with Crippen LogP contribution in [-0.2, 0) is 4.79 Å². The first-order valence-corrected chi connectivity index (χ1v) is 7.55. The van der Waals surface area contributed by atoms with Gasteiger partial charge in [0.15, 0.2) is 0 Å². The highest BCUT2D eigenvalue weighted by Gasteiger charge is 2.23. The Morgan fingerprint density at radius 2 is 1.72 bits per heavy atom. The molecule has 0 saturated carbocycles. The lowest BCUT2D eigenvalue weighted by molar-refractivity contribution is -0.136. The highest BCUT2D eigenvalue weighted by molar-refractivity contribution is 5.78. The smallest absolute Gasteiger partial charge is 0.225 e. The van der Waals surface area contributed by atoms with Gasteiger partial charge in [-0.25, -0.2) is 0 Å². The highest BCUT2D eigenvalue weighted by Crippen LogP contribution is 2.12. The van der Waals surface area contributed by atoms with Gasteiger partial charge < -0.3 is 4.90 Å². The van der Waals surface area contributed by atoms with Crippen molar-refractivity contribution in [3.05, 3.63) is 0 Å². The molecule has 1 aliphatic rings. The molecule has 0 bridgehead atoms. The molecule has 1 atom stereocenters. The zero-order chi connectivity index (χ0) is 13.5. The van der Waals surface area contributed by atoms with Gasteiger partial charge in [0.25, 0.3) is 0 Å². The number of hydrogen-bond donors (Lipinski definition) is 0. The van der Waals surface area contributed by atoms with Crippen LogP contribution in [0.5, 0.6) is 0 Å². The predicted octanol–water partition coefficient (Wildman–Crippen LogP) is 2.61. The zero-order valence-electron chi connectivity index (χ0n) is 12.6. The molecule has 0 aliphatic carbocycles. The average molecular weight is 254 g/mol. The Balaban J connectivity index is 2.25. The summed E-state index contributed by atoms with van der Waals surface area (Å²) in [6, 6.07) is 0. The third-order valence-corrected chi connectivity index (χ3v) is 3.80. The quantitative estimate of drug-likeness (QED) is 0.727. The van der Waals surface area contributed by atoms with E-state index in [2.05, 4.69) is 18.7 Å². The van der Waals surface area contributed by atoms with Crippen molar-refractivity contribution in [2.75, 3.05) is 32.7 Å². The molecule has 0 N–H and O–H groups in total. The molecule has 1 unspecified atom stereocenters. The van der Waals surface area contributed by atoms with Crippen molar-refractivity contribution in [1.82, 2.24) is 9.80 Å². The molecule has 0 aromatic heterocycles. The number of carbonyl (C=O) groups is 1. The van der Waals surface area contributed by atoms with Gasteiger partial charge in [-0.05, 0) is 12.3 Å². The van der Waals surface area contributed by atoms with Gasteiger partial charge in [-0.1, -0.05) is 40.5 Å². The van der Waals surface area contributed by atoms with Gasteiger partial charge in [0.05, 0.1) is 0 Å². The van der Waals surface area contributed by atoms with Crippen LogP contribution in [0, 0.1) is 11.8 Å². The lowest BCUT2D eigenvalue weighted by Crippen LogP contribution is -2.50. The molecule has 3 nitrogen and oxygen atoms in total. The Morgan fingerprint density at radius 3 is 2.22 bits per heavy atom. The van der Waals surface area contributed by atoms with E-state index in [4.69, 9.17) is 0 Å². The third-order valence-electron chi connectivity index (χ3n) is 3.80. The number of carbonyl (C=O) groups excluding carboxylic acids is 1. The van der Waals surface area contributed by atoms with Crippen molar-refractivity contribution in [2.24, 2.45) is 11.8 Å². The lowest BCUT2D eigenvalue weighted by atomic mass is 10.0. The van der Waals surface area contributed by atoms with E-state index in [-0.39, 0.29) is 5.92 Å². The second kappa shape index (κ2) is 7.78. The molecule has 1 heterocycles. The Kier molecular flexibility index (Phi) is 6.69. The fraction of sp³-hybridized carbons (Fsp3) is 0.933. The molecule has 106 valence electrons. The summed E-state index contributed by atoms with van der Waals surface area (Å²) in [6.45, 7) is 13.7. The largest absolute Gasteiger partial charge is 0.340 e. The van der Waals surface area contributed by atoms with Crippen LogP contribution in [0.3, 0.4) is 0 Å². The maximum Gasteiger partial charge on any atom is 0.225 e. The Hall–Kier alpha value is -0.570. The third kappa shape index (κ3) is 4.97. The Bertz CT molecular complexity index is 245. The minimum Gasteiger partial charge on any atom is -0.340 e. The number of piperazine rings is 1. The average Bonchev–Trinajstić information content (AvgIpc) is 2.36. The first kappa shape index (κ1) is 15.5. The second-order valence-electron chi connectivity index (χ2n) is 6.03. The molecule has 18 heavy (non-hydrogen) atoms. The van der Waals surface area contributed by atoms with E-state index in [0.29, 0.717) is 5.91 Å². The van der Waals surface area contributed by atoms with Crippen molar-refractivity contribution in [3.63, 3.8) is 0 Å². The summed E-state index contributed by atoms with van der Waals surface area (Å²) in [6.07, 6.45) is 3.97. The molecule has 3 heteroatoms. The van der Waals surface area contributed by atoms with Crippen LogP contribution in [0.4, 0.5) is 0 Å². The van der Waals surface area contributed by atoms with Crippen molar-refractivity contribution in [3.8, 4) is 0 Å². The summed E-state index contributed by atoms with van der Waals surface area (Å²) in [4.78, 5) is 16.4. The maximum absolute atomic E-state index is 11.9. The van der Waals surface area contributed by atoms with Gasteiger partial charge in [0.2, 0.25) is 5.91 Å². The van der Waals surface area contributed by atoms with E-state index < -0.39 is 0 Å². The molecule has 0 aromatic rings. The van der Waals surface area contributed by atoms with E-state index in [9.17, 15) is 4.79 Å². The number of unbranched alkanes of at least 4 members (excludes halogenated alkanes) is 1. The van der Waals surface area contributed by atoms with Crippen molar-refractivity contribution in [2.45, 2.75) is 47.0 Å². The van der Waals surface area contributed by atoms with Gasteiger partial charge in [0.1, 0.15) is 0 Å². The van der Waals surface area contributed by atoms with Crippen LogP contribution in [0.1, 0.15) is 47.0 Å². The highest BCUT2D eigenvalue weighted by atomic mass is 16.2. The molecule has 1 fully saturated rings.